The van der Waals surface area contributed by atoms with Gasteiger partial charge < -0.3 is 100 Å². The summed E-state index contributed by atoms with van der Waals surface area (Å²) >= 11 is 0. The SMILES string of the molecule is CCCCCCCCCCCCCCCCCC/C=C\CCCCCCCCCCCCCCCCCCCC(=O)NC(COC1OC(CO)C(OC2OC(CO)C(O)C(OC3(C(=O)O)CC(O)C(NC(C)=O)C(C(O)C(O)CO)O3)C2O)C(O)C1O)C(O)CCCCCCCCCCCCCCCCCCCCCCC. The monoisotopic (exact) mass is 1600 g/mol. The lowest BCUT2D eigenvalue weighted by atomic mass is 9.88. The van der Waals surface area contributed by atoms with Crippen molar-refractivity contribution < 1.29 is 104 Å². The molecule has 112 heavy (non-hydrogen) atoms. The highest BCUT2D eigenvalue weighted by Crippen LogP contribution is 2.39. The van der Waals surface area contributed by atoms with E-state index in [4.69, 9.17) is 28.4 Å². The molecule has 0 radical (unpaired) electrons. The summed E-state index contributed by atoms with van der Waals surface area (Å²) < 4.78 is 35.1. The molecule has 0 spiro atoms. The van der Waals surface area contributed by atoms with Gasteiger partial charge in [-0.2, -0.15) is 0 Å². The second-order valence-corrected chi connectivity index (χ2v) is 33.5. The fraction of sp³-hybridized carbons (Fsp3) is 0.944. The number of ether oxygens (including phenoxy) is 6. The number of allylic oxidation sites excluding steroid dienone is 2. The van der Waals surface area contributed by atoms with Crippen molar-refractivity contribution in [2.24, 2.45) is 0 Å². The number of carbonyl (C=O) groups excluding carboxylic acids is 2. The van der Waals surface area contributed by atoms with Gasteiger partial charge in [-0.25, -0.2) is 4.79 Å². The molecule has 3 saturated heterocycles. The fourth-order valence-corrected chi connectivity index (χ4v) is 16.2. The zero-order chi connectivity index (χ0) is 81.7. The van der Waals surface area contributed by atoms with E-state index in [-0.39, 0.29) is 18.9 Å². The molecule has 660 valence electrons. The van der Waals surface area contributed by atoms with Crippen LogP contribution in [0.3, 0.4) is 0 Å². The number of amides is 2. The smallest absolute Gasteiger partial charge is 0.364 e. The highest BCUT2D eigenvalue weighted by Gasteiger charge is 2.60. The molecule has 18 atom stereocenters. The van der Waals surface area contributed by atoms with E-state index in [1.165, 1.54) is 295 Å². The number of aliphatic carboxylic acids is 1. The first-order chi connectivity index (χ1) is 54.4. The maximum absolute atomic E-state index is 13.6. The number of rotatable bonds is 75. The minimum atomic E-state index is -3.08. The quantitative estimate of drug-likeness (QED) is 0.0199. The topological polar surface area (TPSA) is 373 Å². The molecule has 3 fully saturated rings. The molecule has 0 saturated carbocycles. The van der Waals surface area contributed by atoms with Gasteiger partial charge in [-0.15, -0.1) is 0 Å². The Labute approximate surface area is 677 Å². The highest BCUT2D eigenvalue weighted by atomic mass is 16.8. The molecule has 0 aliphatic carbocycles. The zero-order valence-electron chi connectivity index (χ0n) is 70.6. The third-order valence-corrected chi connectivity index (χ3v) is 23.5. The Bertz CT molecular complexity index is 2260. The van der Waals surface area contributed by atoms with E-state index in [0.717, 1.165) is 58.3 Å². The first-order valence-corrected chi connectivity index (χ1v) is 46.0. The number of nitrogens with one attached hydrogen (secondary N) is 2. The largest absolute Gasteiger partial charge is 0.477 e. The van der Waals surface area contributed by atoms with Crippen molar-refractivity contribution in [3.05, 3.63) is 12.2 Å². The van der Waals surface area contributed by atoms with Crippen LogP contribution >= 0.6 is 0 Å². The summed E-state index contributed by atoms with van der Waals surface area (Å²) in [5.74, 6) is -6.09. The Morgan fingerprint density at radius 1 is 0.455 bits per heavy atom. The summed E-state index contributed by atoms with van der Waals surface area (Å²) in [6, 6.07) is -2.53. The van der Waals surface area contributed by atoms with Crippen LogP contribution in [0.15, 0.2) is 12.2 Å². The second-order valence-electron chi connectivity index (χ2n) is 33.5. The highest BCUT2D eigenvalue weighted by molar-refractivity contribution is 5.77. The van der Waals surface area contributed by atoms with Crippen LogP contribution in [0.2, 0.25) is 0 Å². The maximum atomic E-state index is 13.6. The van der Waals surface area contributed by atoms with Gasteiger partial charge in [0, 0.05) is 19.8 Å². The lowest BCUT2D eigenvalue weighted by Gasteiger charge is -2.50. The van der Waals surface area contributed by atoms with E-state index in [0.29, 0.717) is 19.3 Å². The molecule has 3 rings (SSSR count). The summed E-state index contributed by atoms with van der Waals surface area (Å²) in [6.07, 6.45) is 48.0. The van der Waals surface area contributed by atoms with Crippen molar-refractivity contribution in [2.45, 2.75) is 509 Å². The molecule has 0 aromatic heterocycles. The average molecular weight is 1600 g/mol. The van der Waals surface area contributed by atoms with Gasteiger partial charge in [0.25, 0.3) is 5.79 Å². The number of aliphatic hydroxyl groups excluding tert-OH is 11. The normalized spacial score (nSPS) is 25.4. The molecule has 23 heteroatoms. The number of unbranched alkanes of at least 4 members (excludes halogenated alkanes) is 53. The van der Waals surface area contributed by atoms with Gasteiger partial charge in [0.2, 0.25) is 11.8 Å². The predicted octanol–water partition coefficient (Wildman–Crippen LogP) is 14.9. The van der Waals surface area contributed by atoms with E-state index in [1.54, 1.807) is 0 Å². The number of carboxylic acids is 1. The second kappa shape index (κ2) is 67.3. The first-order valence-electron chi connectivity index (χ1n) is 46.0. The first kappa shape index (κ1) is 104. The number of hydrogen-bond donors (Lipinski definition) is 14. The Morgan fingerprint density at radius 2 is 0.830 bits per heavy atom. The lowest BCUT2D eigenvalue weighted by molar-refractivity contribution is -0.386. The van der Waals surface area contributed by atoms with E-state index < -0.39 is 148 Å². The molecular formula is C89H168N2O21. The minimum Gasteiger partial charge on any atom is -0.477 e. The Hall–Kier alpha value is -2.53. The molecule has 23 nitrogen and oxygen atoms in total. The average Bonchev–Trinajstić information content (AvgIpc) is 0.754. The van der Waals surface area contributed by atoms with Crippen LogP contribution in [-0.2, 0) is 42.8 Å². The number of carboxylic acid groups (broad SMARTS) is 1. The minimum absolute atomic E-state index is 0.228. The number of carbonyl (C=O) groups is 3. The van der Waals surface area contributed by atoms with Gasteiger partial charge in [0.05, 0.1) is 50.7 Å². The summed E-state index contributed by atoms with van der Waals surface area (Å²) in [5, 5.41) is 137. The van der Waals surface area contributed by atoms with Crippen molar-refractivity contribution in [2.75, 3.05) is 26.4 Å². The molecule has 0 aromatic carbocycles. The van der Waals surface area contributed by atoms with Gasteiger partial charge in [-0.3, -0.25) is 9.59 Å². The van der Waals surface area contributed by atoms with E-state index in [1.807, 2.05) is 0 Å². The number of aliphatic hydroxyl groups is 11. The molecule has 14 N–H and O–H groups in total. The van der Waals surface area contributed by atoms with Crippen LogP contribution in [0.4, 0.5) is 0 Å². The van der Waals surface area contributed by atoms with E-state index in [2.05, 4.69) is 36.6 Å². The molecular weight excluding hydrogens is 1430 g/mol. The van der Waals surface area contributed by atoms with E-state index >= 15 is 0 Å². The van der Waals surface area contributed by atoms with Gasteiger partial charge >= 0.3 is 5.97 Å². The van der Waals surface area contributed by atoms with Crippen LogP contribution in [0.5, 0.6) is 0 Å². The molecule has 3 heterocycles. The van der Waals surface area contributed by atoms with Crippen LogP contribution in [0, 0.1) is 0 Å². The fourth-order valence-electron chi connectivity index (χ4n) is 16.2. The number of hydrogen-bond acceptors (Lipinski definition) is 20. The van der Waals surface area contributed by atoms with Crippen LogP contribution in [0.1, 0.15) is 400 Å². The van der Waals surface area contributed by atoms with Crippen molar-refractivity contribution in [1.82, 2.24) is 10.6 Å². The summed E-state index contributed by atoms with van der Waals surface area (Å²) in [7, 11) is 0. The third-order valence-electron chi connectivity index (χ3n) is 23.5. The molecule has 0 bridgehead atoms. The van der Waals surface area contributed by atoms with Gasteiger partial charge in [-0.05, 0) is 38.5 Å². The predicted molar refractivity (Wildman–Crippen MR) is 440 cm³/mol. The summed E-state index contributed by atoms with van der Waals surface area (Å²) in [5.41, 5.74) is 0. The lowest BCUT2D eigenvalue weighted by Crippen LogP contribution is -2.70. The van der Waals surface area contributed by atoms with E-state index in [9.17, 15) is 75.7 Å². The van der Waals surface area contributed by atoms with Crippen molar-refractivity contribution >= 4 is 17.8 Å². The van der Waals surface area contributed by atoms with Crippen molar-refractivity contribution in [3.8, 4) is 0 Å². The maximum Gasteiger partial charge on any atom is 0.364 e. The van der Waals surface area contributed by atoms with Crippen molar-refractivity contribution in [1.29, 1.82) is 0 Å². The van der Waals surface area contributed by atoms with Gasteiger partial charge in [0.1, 0.15) is 67.1 Å². The summed E-state index contributed by atoms with van der Waals surface area (Å²) in [4.78, 5) is 38.8. The molecule has 3 aliphatic heterocycles. The third kappa shape index (κ3) is 45.6. The Morgan fingerprint density at radius 3 is 1.21 bits per heavy atom. The standard InChI is InChI=1S/C89H168N2O21/c1-4-6-8-10-12-14-16-18-20-22-24-26-27-28-29-30-31-32-33-34-35-36-37-38-39-40-41-43-45-47-49-51-53-55-57-59-61-63-76(99)91-70(71(96)62-60-58-56-54-52-50-48-46-44-42-25-23-21-19-17-15-13-11-9-7-5-2)68-107-86-81(103)80(102)83(75(67-94)109-86)110-87-82(104)85(79(101)74(66-93)108-87)112-89(88(105)106)64-72(97)77(90-69(3)95)84(111-89)78(100)73(98)65-92/h32-33,70-75,77-87,92-94,96-98,100-104H,4-31,34-68H2,1-3H3,(H,90,95)(H,91,99)(H,105,106)/b33-32-. The van der Waals surface area contributed by atoms with Gasteiger partial charge in [-0.1, -0.05) is 353 Å². The molecule has 2 amide bonds. The van der Waals surface area contributed by atoms with Crippen molar-refractivity contribution in [3.63, 3.8) is 0 Å². The Kier molecular flexibility index (Phi) is 62.3. The van der Waals surface area contributed by atoms with Gasteiger partial charge in [0.15, 0.2) is 12.6 Å². The molecule has 18 unspecified atom stereocenters. The van der Waals surface area contributed by atoms with Crippen LogP contribution in [0.25, 0.3) is 0 Å². The van der Waals surface area contributed by atoms with Crippen LogP contribution in [-0.4, -0.2) is 215 Å². The van der Waals surface area contributed by atoms with Crippen LogP contribution < -0.4 is 10.6 Å². The Balaban J connectivity index is 1.41. The molecule has 0 aromatic rings. The zero-order valence-corrected chi connectivity index (χ0v) is 70.6. The molecule has 3 aliphatic rings. The summed E-state index contributed by atoms with van der Waals surface area (Å²) in [6.45, 7) is 2.29.